The van der Waals surface area contributed by atoms with E-state index in [0.717, 1.165) is 31.4 Å². The highest BCUT2D eigenvalue weighted by molar-refractivity contribution is 7.98. The SMILES string of the molecule is CSCCCCCCNCC(C(=O)O)C(F)(F)F. The molecule has 0 aliphatic heterocycles. The van der Waals surface area contributed by atoms with Crippen LogP contribution in [-0.2, 0) is 4.79 Å². The van der Waals surface area contributed by atoms with Gasteiger partial charge in [0.2, 0.25) is 0 Å². The second-order valence-electron chi connectivity index (χ2n) is 4.04. The van der Waals surface area contributed by atoms with Crippen LogP contribution in [0.2, 0.25) is 0 Å². The Kier molecular flexibility index (Phi) is 9.27. The number of alkyl halides is 3. The first-order chi connectivity index (χ1) is 8.39. The Morgan fingerprint density at radius 1 is 1.28 bits per heavy atom. The molecule has 0 aromatic heterocycles. The summed E-state index contributed by atoms with van der Waals surface area (Å²) in [6.45, 7) is -0.122. The van der Waals surface area contributed by atoms with E-state index < -0.39 is 24.6 Å². The smallest absolute Gasteiger partial charge is 0.403 e. The Labute approximate surface area is 110 Å². The van der Waals surface area contributed by atoms with Crippen molar-refractivity contribution >= 4 is 17.7 Å². The highest BCUT2D eigenvalue weighted by Crippen LogP contribution is 2.25. The van der Waals surface area contributed by atoms with Gasteiger partial charge in [-0.15, -0.1) is 0 Å². The maximum atomic E-state index is 12.3. The lowest BCUT2D eigenvalue weighted by molar-refractivity contribution is -0.192. The number of aliphatic carboxylic acids is 1. The van der Waals surface area contributed by atoms with Gasteiger partial charge in [0.25, 0.3) is 0 Å². The van der Waals surface area contributed by atoms with Crippen LogP contribution in [0.25, 0.3) is 0 Å². The van der Waals surface area contributed by atoms with Crippen LogP contribution in [0.5, 0.6) is 0 Å². The zero-order chi connectivity index (χ0) is 14.0. The lowest BCUT2D eigenvalue weighted by Crippen LogP contribution is -2.39. The van der Waals surface area contributed by atoms with Crippen LogP contribution in [0.15, 0.2) is 0 Å². The van der Waals surface area contributed by atoms with E-state index in [-0.39, 0.29) is 0 Å². The Hall–Kier alpha value is -0.430. The zero-order valence-corrected chi connectivity index (χ0v) is 11.2. The maximum absolute atomic E-state index is 12.3. The summed E-state index contributed by atoms with van der Waals surface area (Å²) in [6.07, 6.45) is 1.25. The Balaban J connectivity index is 3.60. The fraction of sp³-hybridized carbons (Fsp3) is 0.909. The summed E-state index contributed by atoms with van der Waals surface area (Å²) < 4.78 is 36.8. The Bertz CT molecular complexity index is 237. The molecule has 0 saturated carbocycles. The number of carboxylic acids is 1. The topological polar surface area (TPSA) is 49.3 Å². The van der Waals surface area contributed by atoms with Crippen LogP contribution in [-0.4, -0.2) is 42.4 Å². The second kappa shape index (κ2) is 9.49. The van der Waals surface area contributed by atoms with Gasteiger partial charge in [0.1, 0.15) is 0 Å². The highest BCUT2D eigenvalue weighted by atomic mass is 32.2. The molecule has 0 saturated heterocycles. The average Bonchev–Trinajstić information content (AvgIpc) is 2.24. The zero-order valence-electron chi connectivity index (χ0n) is 10.4. The normalized spacial score (nSPS) is 13.6. The summed E-state index contributed by atoms with van der Waals surface area (Å²) in [5.74, 6) is -3.04. The van der Waals surface area contributed by atoms with Gasteiger partial charge in [0.15, 0.2) is 5.92 Å². The molecule has 3 nitrogen and oxygen atoms in total. The molecule has 0 aliphatic rings. The lowest BCUT2D eigenvalue weighted by atomic mass is 10.1. The summed E-state index contributed by atoms with van der Waals surface area (Å²) in [5, 5.41) is 11.0. The van der Waals surface area contributed by atoms with Crippen molar-refractivity contribution in [2.75, 3.05) is 25.1 Å². The average molecular weight is 287 g/mol. The van der Waals surface area contributed by atoms with E-state index in [2.05, 4.69) is 5.32 Å². The van der Waals surface area contributed by atoms with Crippen molar-refractivity contribution in [2.45, 2.75) is 31.9 Å². The van der Waals surface area contributed by atoms with Crippen molar-refractivity contribution < 1.29 is 23.1 Å². The van der Waals surface area contributed by atoms with Crippen molar-refractivity contribution in [3.63, 3.8) is 0 Å². The molecular formula is C11H20F3NO2S. The fourth-order valence-electron chi connectivity index (χ4n) is 1.44. The van der Waals surface area contributed by atoms with Gasteiger partial charge >= 0.3 is 12.1 Å². The number of hydrogen-bond donors (Lipinski definition) is 2. The van der Waals surface area contributed by atoms with E-state index in [4.69, 9.17) is 5.11 Å². The molecule has 0 aliphatic carbocycles. The van der Waals surface area contributed by atoms with Gasteiger partial charge in [0.05, 0.1) is 0 Å². The number of thioether (sulfide) groups is 1. The largest absolute Gasteiger partial charge is 0.481 e. The third kappa shape index (κ3) is 8.63. The van der Waals surface area contributed by atoms with Gasteiger partial charge in [-0.25, -0.2) is 0 Å². The summed E-state index contributed by atoms with van der Waals surface area (Å²) in [5.41, 5.74) is 0. The van der Waals surface area contributed by atoms with Crippen molar-refractivity contribution in [2.24, 2.45) is 5.92 Å². The monoisotopic (exact) mass is 287 g/mol. The minimum atomic E-state index is -4.68. The Morgan fingerprint density at radius 2 is 1.89 bits per heavy atom. The predicted octanol–water partition coefficient (Wildman–Crippen LogP) is 2.76. The number of unbranched alkanes of at least 4 members (excludes halogenated alkanes) is 3. The standard InChI is InChI=1S/C11H20F3NO2S/c1-18-7-5-3-2-4-6-15-8-9(10(16)17)11(12,13)14/h9,15H,2-8H2,1H3,(H,16,17). The van der Waals surface area contributed by atoms with Gasteiger partial charge in [0, 0.05) is 6.54 Å². The molecule has 0 heterocycles. The van der Waals surface area contributed by atoms with Crippen molar-refractivity contribution in [1.29, 1.82) is 0 Å². The van der Waals surface area contributed by atoms with Crippen molar-refractivity contribution in [3.05, 3.63) is 0 Å². The van der Waals surface area contributed by atoms with Gasteiger partial charge < -0.3 is 10.4 Å². The van der Waals surface area contributed by atoms with Gasteiger partial charge in [-0.3, -0.25) is 4.79 Å². The molecule has 0 aromatic carbocycles. The molecule has 108 valence electrons. The van der Waals surface area contributed by atoms with Gasteiger partial charge in [-0.1, -0.05) is 12.8 Å². The lowest BCUT2D eigenvalue weighted by Gasteiger charge is -2.16. The van der Waals surface area contributed by atoms with Crippen molar-refractivity contribution in [1.82, 2.24) is 5.32 Å². The van der Waals surface area contributed by atoms with Crippen LogP contribution in [0.3, 0.4) is 0 Å². The maximum Gasteiger partial charge on any atom is 0.403 e. The number of hydrogen-bond acceptors (Lipinski definition) is 3. The molecular weight excluding hydrogens is 267 g/mol. The van der Waals surface area contributed by atoms with E-state index in [0.29, 0.717) is 6.54 Å². The van der Waals surface area contributed by atoms with E-state index in [1.165, 1.54) is 0 Å². The fourth-order valence-corrected chi connectivity index (χ4v) is 1.93. The number of halogens is 3. The molecule has 1 atom stereocenters. The molecule has 0 amide bonds. The van der Waals surface area contributed by atoms with Crippen LogP contribution < -0.4 is 5.32 Å². The molecule has 2 N–H and O–H groups in total. The second-order valence-corrected chi connectivity index (χ2v) is 5.03. The third-order valence-corrected chi connectivity index (χ3v) is 3.19. The predicted molar refractivity (Wildman–Crippen MR) is 66.9 cm³/mol. The molecule has 0 spiro atoms. The summed E-state index contributed by atoms with van der Waals surface area (Å²) in [6, 6.07) is 0. The van der Waals surface area contributed by atoms with Crippen LogP contribution in [0, 0.1) is 5.92 Å². The van der Waals surface area contributed by atoms with E-state index in [1.807, 2.05) is 6.26 Å². The highest BCUT2D eigenvalue weighted by Gasteiger charge is 2.44. The van der Waals surface area contributed by atoms with Crippen LogP contribution in [0.1, 0.15) is 25.7 Å². The molecule has 0 fully saturated rings. The van der Waals surface area contributed by atoms with Gasteiger partial charge in [-0.05, 0) is 31.4 Å². The van der Waals surface area contributed by atoms with Gasteiger partial charge in [-0.2, -0.15) is 24.9 Å². The van der Waals surface area contributed by atoms with Crippen molar-refractivity contribution in [3.8, 4) is 0 Å². The molecule has 7 heteroatoms. The van der Waals surface area contributed by atoms with E-state index >= 15 is 0 Å². The summed E-state index contributed by atoms with van der Waals surface area (Å²) in [7, 11) is 0. The summed E-state index contributed by atoms with van der Waals surface area (Å²) >= 11 is 1.77. The number of carbonyl (C=O) groups is 1. The minimum absolute atomic E-state index is 0.430. The molecule has 0 bridgehead atoms. The first-order valence-corrected chi connectivity index (χ1v) is 7.28. The molecule has 0 rings (SSSR count). The number of carboxylic acid groups (broad SMARTS) is 1. The Morgan fingerprint density at radius 3 is 2.39 bits per heavy atom. The number of rotatable bonds is 10. The first kappa shape index (κ1) is 17.6. The third-order valence-electron chi connectivity index (χ3n) is 2.49. The molecule has 0 radical (unpaired) electrons. The minimum Gasteiger partial charge on any atom is -0.481 e. The van der Waals surface area contributed by atoms with Crippen LogP contribution in [0.4, 0.5) is 13.2 Å². The summed E-state index contributed by atoms with van der Waals surface area (Å²) in [4.78, 5) is 10.4. The van der Waals surface area contributed by atoms with E-state index in [9.17, 15) is 18.0 Å². The van der Waals surface area contributed by atoms with Crippen LogP contribution >= 0.6 is 11.8 Å². The van der Waals surface area contributed by atoms with E-state index in [1.54, 1.807) is 11.8 Å². The molecule has 0 aromatic rings. The quantitative estimate of drug-likeness (QED) is 0.607. The number of nitrogens with one attached hydrogen (secondary N) is 1. The molecule has 18 heavy (non-hydrogen) atoms. The molecule has 1 unspecified atom stereocenters. The first-order valence-electron chi connectivity index (χ1n) is 5.88.